The van der Waals surface area contributed by atoms with Gasteiger partial charge in [-0.1, -0.05) is 35.9 Å². The summed E-state index contributed by atoms with van der Waals surface area (Å²) < 4.78 is 20.1. The molecule has 0 bridgehead atoms. The van der Waals surface area contributed by atoms with Crippen LogP contribution < -0.4 is 4.74 Å². The number of halogens is 2. The molecule has 2 aromatic carbocycles. The van der Waals surface area contributed by atoms with Gasteiger partial charge >= 0.3 is 0 Å². The van der Waals surface area contributed by atoms with Crippen LogP contribution in [0.4, 0.5) is 4.39 Å². The molecule has 31 heavy (non-hydrogen) atoms. The Morgan fingerprint density at radius 1 is 1.19 bits per heavy atom. The van der Waals surface area contributed by atoms with E-state index in [0.717, 1.165) is 4.88 Å². The molecule has 0 radical (unpaired) electrons. The molecule has 3 aromatic rings. The number of hydrogen-bond acceptors (Lipinski definition) is 5. The van der Waals surface area contributed by atoms with Crippen LogP contribution in [0, 0.1) is 5.82 Å². The van der Waals surface area contributed by atoms with E-state index in [0.29, 0.717) is 5.02 Å². The normalized spacial score (nSPS) is 17.9. The number of carbonyl (C=O) groups is 2. The van der Waals surface area contributed by atoms with Crippen molar-refractivity contribution in [2.24, 2.45) is 0 Å². The second-order valence-electron chi connectivity index (χ2n) is 6.87. The topological polar surface area (TPSA) is 66.8 Å². The zero-order valence-corrected chi connectivity index (χ0v) is 17.9. The van der Waals surface area contributed by atoms with Crippen LogP contribution in [0.3, 0.4) is 0 Å². The van der Waals surface area contributed by atoms with Gasteiger partial charge in [-0.15, -0.1) is 11.3 Å². The van der Waals surface area contributed by atoms with E-state index in [4.69, 9.17) is 16.3 Å². The third-order valence-corrected chi connectivity index (χ3v) is 6.16. The fourth-order valence-corrected chi connectivity index (χ4v) is 4.52. The number of benzene rings is 2. The highest BCUT2D eigenvalue weighted by Gasteiger charge is 2.47. The minimum atomic E-state index is -1.10. The first-order valence-corrected chi connectivity index (χ1v) is 10.6. The van der Waals surface area contributed by atoms with Gasteiger partial charge in [-0.3, -0.25) is 9.59 Å². The van der Waals surface area contributed by atoms with Crippen molar-refractivity contribution in [3.63, 3.8) is 0 Å². The lowest BCUT2D eigenvalue weighted by Gasteiger charge is -2.25. The molecule has 0 saturated carbocycles. The highest BCUT2D eigenvalue weighted by atomic mass is 35.5. The van der Waals surface area contributed by atoms with Gasteiger partial charge in [0, 0.05) is 15.5 Å². The summed E-state index contributed by atoms with van der Waals surface area (Å²) in [4.78, 5) is 28.1. The molecule has 5 nitrogen and oxygen atoms in total. The zero-order valence-electron chi connectivity index (χ0n) is 16.3. The van der Waals surface area contributed by atoms with E-state index in [9.17, 15) is 19.1 Å². The Morgan fingerprint density at radius 2 is 1.97 bits per heavy atom. The lowest BCUT2D eigenvalue weighted by atomic mass is 9.94. The molecule has 1 aliphatic rings. The van der Waals surface area contributed by atoms with Crippen molar-refractivity contribution in [3.05, 3.63) is 92.4 Å². The van der Waals surface area contributed by atoms with Crippen LogP contribution in [0.2, 0.25) is 5.02 Å². The second-order valence-corrected chi connectivity index (χ2v) is 8.34. The number of nitrogens with zero attached hydrogens (tertiary/aromatic N) is 1. The minimum absolute atomic E-state index is 0.102. The molecular weight excluding hydrogens is 441 g/mol. The molecule has 8 heteroatoms. The molecule has 1 N–H and O–H groups in total. The number of amides is 1. The standard InChI is InChI=1S/C23H17ClFNO4S/c1-30-18-9-8-13(24)11-16(18)21(27)19-20(15-6-2-3-7-17(15)25)26(23(29)22(19)28)12-14-5-4-10-31-14/h2-11,20,27H,12H2,1H3/b21-19+. The van der Waals surface area contributed by atoms with Gasteiger partial charge in [0.05, 0.1) is 30.8 Å². The van der Waals surface area contributed by atoms with Crippen molar-refractivity contribution in [1.82, 2.24) is 4.90 Å². The summed E-state index contributed by atoms with van der Waals surface area (Å²) in [5.41, 5.74) is 0.0403. The van der Waals surface area contributed by atoms with Crippen LogP contribution in [-0.4, -0.2) is 28.8 Å². The lowest BCUT2D eigenvalue weighted by molar-refractivity contribution is -0.140. The number of ether oxygens (including phenoxy) is 1. The van der Waals surface area contributed by atoms with Gasteiger partial charge in [-0.05, 0) is 35.7 Å². The van der Waals surface area contributed by atoms with Crippen molar-refractivity contribution >= 4 is 40.4 Å². The average molecular weight is 458 g/mol. The van der Waals surface area contributed by atoms with Crippen LogP contribution in [0.15, 0.2) is 65.6 Å². The number of methoxy groups -OCH3 is 1. The van der Waals surface area contributed by atoms with Crippen molar-refractivity contribution < 1.29 is 23.8 Å². The molecule has 0 aliphatic carbocycles. The number of likely N-dealkylation sites (tertiary alicyclic amines) is 1. The van der Waals surface area contributed by atoms with Crippen LogP contribution >= 0.6 is 22.9 Å². The number of ketones is 1. The van der Waals surface area contributed by atoms with Crippen LogP contribution in [0.1, 0.15) is 22.0 Å². The Hall–Kier alpha value is -3.16. The quantitative estimate of drug-likeness (QED) is 0.326. The smallest absolute Gasteiger partial charge is 0.295 e. The van der Waals surface area contributed by atoms with E-state index >= 15 is 0 Å². The summed E-state index contributed by atoms with van der Waals surface area (Å²) >= 11 is 7.50. The molecule has 1 fully saturated rings. The molecule has 0 spiro atoms. The van der Waals surface area contributed by atoms with Gasteiger partial charge in [0.15, 0.2) is 0 Å². The zero-order chi connectivity index (χ0) is 22.1. The maximum Gasteiger partial charge on any atom is 0.295 e. The molecule has 4 rings (SSSR count). The molecular formula is C23H17ClFNO4S. The molecule has 1 aliphatic heterocycles. The first-order chi connectivity index (χ1) is 14.9. The molecule has 1 atom stereocenters. The maximum atomic E-state index is 14.8. The summed E-state index contributed by atoms with van der Waals surface area (Å²) in [7, 11) is 1.41. The third kappa shape index (κ3) is 3.82. The highest BCUT2D eigenvalue weighted by molar-refractivity contribution is 7.09. The Labute approximate surface area is 187 Å². The number of thiophene rings is 1. The summed E-state index contributed by atoms with van der Waals surface area (Å²) in [6, 6.07) is 13.0. The fraction of sp³-hybridized carbons (Fsp3) is 0.130. The first kappa shape index (κ1) is 21.1. The Kier molecular flexibility index (Phi) is 5.80. The predicted octanol–water partition coefficient (Wildman–Crippen LogP) is 5.17. The molecule has 158 valence electrons. The number of aliphatic hydroxyl groups is 1. The van der Waals surface area contributed by atoms with E-state index in [-0.39, 0.29) is 29.0 Å². The fourth-order valence-electron chi connectivity index (χ4n) is 3.64. The summed E-state index contributed by atoms with van der Waals surface area (Å²) in [6.45, 7) is 0.102. The summed E-state index contributed by atoms with van der Waals surface area (Å²) in [6.07, 6.45) is 0. The van der Waals surface area contributed by atoms with E-state index in [1.165, 1.54) is 53.7 Å². The first-order valence-electron chi connectivity index (χ1n) is 9.31. The van der Waals surface area contributed by atoms with E-state index < -0.39 is 29.3 Å². The van der Waals surface area contributed by atoms with Crippen molar-refractivity contribution in [3.8, 4) is 5.75 Å². The van der Waals surface area contributed by atoms with E-state index in [1.54, 1.807) is 12.1 Å². The largest absolute Gasteiger partial charge is 0.507 e. The van der Waals surface area contributed by atoms with Gasteiger partial charge < -0.3 is 14.7 Å². The van der Waals surface area contributed by atoms with Gasteiger partial charge in [-0.25, -0.2) is 4.39 Å². The average Bonchev–Trinajstić information content (AvgIpc) is 3.36. The number of aliphatic hydroxyl groups excluding tert-OH is 1. The molecule has 1 unspecified atom stereocenters. The number of rotatable bonds is 5. The summed E-state index contributed by atoms with van der Waals surface area (Å²) in [5.74, 6) is -2.51. The van der Waals surface area contributed by atoms with Crippen molar-refractivity contribution in [2.45, 2.75) is 12.6 Å². The molecule has 1 saturated heterocycles. The van der Waals surface area contributed by atoms with E-state index in [1.807, 2.05) is 17.5 Å². The monoisotopic (exact) mass is 457 g/mol. The number of Topliss-reactive ketones (excluding diaryl/α,β-unsaturated/α-hetero) is 1. The van der Waals surface area contributed by atoms with Crippen molar-refractivity contribution in [2.75, 3.05) is 7.11 Å². The van der Waals surface area contributed by atoms with Crippen molar-refractivity contribution in [1.29, 1.82) is 0 Å². The number of hydrogen-bond donors (Lipinski definition) is 1. The Balaban J connectivity index is 1.94. The van der Waals surface area contributed by atoms with Crippen LogP contribution in [0.25, 0.3) is 5.76 Å². The van der Waals surface area contributed by atoms with Crippen LogP contribution in [0.5, 0.6) is 5.75 Å². The van der Waals surface area contributed by atoms with Crippen LogP contribution in [-0.2, 0) is 16.1 Å². The van der Waals surface area contributed by atoms with Gasteiger partial charge in [0.1, 0.15) is 17.3 Å². The second kappa shape index (κ2) is 8.53. The molecule has 2 heterocycles. The Morgan fingerprint density at radius 3 is 2.65 bits per heavy atom. The predicted molar refractivity (Wildman–Crippen MR) is 117 cm³/mol. The number of carbonyl (C=O) groups excluding carboxylic acids is 2. The van der Waals surface area contributed by atoms with E-state index in [2.05, 4.69) is 0 Å². The highest BCUT2D eigenvalue weighted by Crippen LogP contribution is 2.43. The molecule has 1 amide bonds. The Bertz CT molecular complexity index is 1190. The summed E-state index contributed by atoms with van der Waals surface area (Å²) in [5, 5.41) is 13.3. The maximum absolute atomic E-state index is 14.8. The lowest BCUT2D eigenvalue weighted by Crippen LogP contribution is -2.29. The van der Waals surface area contributed by atoms with Gasteiger partial charge in [-0.2, -0.15) is 0 Å². The molecule has 1 aromatic heterocycles. The minimum Gasteiger partial charge on any atom is -0.507 e. The SMILES string of the molecule is COc1ccc(Cl)cc1/C(O)=C1\C(=O)C(=O)N(Cc2cccs2)C1c1ccccc1F. The third-order valence-electron chi connectivity index (χ3n) is 5.06. The van der Waals surface area contributed by atoms with Gasteiger partial charge in [0.2, 0.25) is 0 Å². The van der Waals surface area contributed by atoms with Gasteiger partial charge in [0.25, 0.3) is 11.7 Å².